The van der Waals surface area contributed by atoms with Gasteiger partial charge in [-0.2, -0.15) is 13.2 Å². The molecule has 2 aromatic heterocycles. The molecule has 8 heteroatoms. The highest BCUT2D eigenvalue weighted by Crippen LogP contribution is 2.31. The van der Waals surface area contributed by atoms with Crippen LogP contribution >= 0.6 is 15.9 Å². The molecule has 0 radical (unpaired) electrons. The maximum atomic E-state index is 12.8. The van der Waals surface area contributed by atoms with Gasteiger partial charge in [0.05, 0.1) is 0 Å². The molecule has 21 heavy (non-hydrogen) atoms. The summed E-state index contributed by atoms with van der Waals surface area (Å²) in [6, 6.07) is 3.30. The minimum atomic E-state index is -4.49. The summed E-state index contributed by atoms with van der Waals surface area (Å²) < 4.78 is 45.7. The molecule has 0 aromatic carbocycles. The largest absolute Gasteiger partial charge is 0.434 e. The third-order valence-electron chi connectivity index (χ3n) is 2.63. The molecule has 0 aliphatic rings. The van der Waals surface area contributed by atoms with Gasteiger partial charge in [0, 0.05) is 24.6 Å². The van der Waals surface area contributed by atoms with Crippen molar-refractivity contribution in [3.05, 3.63) is 34.8 Å². The van der Waals surface area contributed by atoms with E-state index < -0.39 is 11.9 Å². The molecule has 0 amide bonds. The minimum Gasteiger partial charge on any atom is -0.361 e. The van der Waals surface area contributed by atoms with E-state index in [2.05, 4.69) is 25.9 Å². The molecule has 2 heterocycles. The fourth-order valence-corrected chi connectivity index (χ4v) is 1.93. The number of alkyl halides is 3. The molecule has 0 spiro atoms. The second-order valence-electron chi connectivity index (χ2n) is 4.32. The van der Waals surface area contributed by atoms with Crippen LogP contribution in [0, 0.1) is 0 Å². The highest BCUT2D eigenvalue weighted by Gasteiger charge is 2.35. The zero-order valence-corrected chi connectivity index (χ0v) is 12.8. The summed E-state index contributed by atoms with van der Waals surface area (Å²) >= 11 is 3.18. The van der Waals surface area contributed by atoms with E-state index in [1.54, 1.807) is 12.1 Å². The van der Waals surface area contributed by atoms with Crippen LogP contribution in [0.25, 0.3) is 11.4 Å². The highest BCUT2D eigenvalue weighted by atomic mass is 79.9. The number of hydrogen-bond acceptors (Lipinski definition) is 3. The van der Waals surface area contributed by atoms with Gasteiger partial charge in [0.1, 0.15) is 17.2 Å². The lowest BCUT2D eigenvalue weighted by Crippen LogP contribution is -2.05. The lowest BCUT2D eigenvalue weighted by Gasteiger charge is -2.07. The van der Waals surface area contributed by atoms with Crippen LogP contribution in [0.1, 0.15) is 19.0 Å². The molecule has 0 unspecified atom stereocenters. The van der Waals surface area contributed by atoms with Crippen molar-refractivity contribution in [1.29, 1.82) is 0 Å². The van der Waals surface area contributed by atoms with Gasteiger partial charge in [0.25, 0.3) is 0 Å². The molecule has 0 saturated carbocycles. The molecule has 2 rings (SSSR count). The Morgan fingerprint density at radius 1 is 1.33 bits per heavy atom. The molecule has 2 aromatic rings. The number of pyridine rings is 1. The van der Waals surface area contributed by atoms with E-state index in [4.69, 9.17) is 4.74 Å². The normalized spacial score (nSPS) is 11.9. The lowest BCUT2D eigenvalue weighted by molar-refractivity contribution is -0.141. The minimum absolute atomic E-state index is 0.0162. The van der Waals surface area contributed by atoms with E-state index >= 15 is 0 Å². The molecule has 0 aliphatic heterocycles. The SMILES string of the molecule is CCCOCn1cc(C(F)(F)F)nc1-c1ccc(Br)nc1. The Hall–Kier alpha value is -1.41. The average Bonchev–Trinajstić information content (AvgIpc) is 2.84. The van der Waals surface area contributed by atoms with Crippen molar-refractivity contribution < 1.29 is 17.9 Å². The Kier molecular flexibility index (Phi) is 5.00. The smallest absolute Gasteiger partial charge is 0.361 e. The Morgan fingerprint density at radius 2 is 2.10 bits per heavy atom. The van der Waals surface area contributed by atoms with Crippen LogP contribution in [-0.4, -0.2) is 21.1 Å². The van der Waals surface area contributed by atoms with E-state index in [1.807, 2.05) is 6.92 Å². The van der Waals surface area contributed by atoms with Crippen LogP contribution in [0.4, 0.5) is 13.2 Å². The first-order chi connectivity index (χ1) is 9.91. The zero-order valence-electron chi connectivity index (χ0n) is 11.2. The van der Waals surface area contributed by atoms with E-state index in [0.717, 1.165) is 12.6 Å². The summed E-state index contributed by atoms with van der Waals surface area (Å²) in [7, 11) is 0. The van der Waals surface area contributed by atoms with Crippen LogP contribution < -0.4 is 0 Å². The maximum Gasteiger partial charge on any atom is 0.434 e. The number of aromatic nitrogens is 3. The van der Waals surface area contributed by atoms with Gasteiger partial charge in [-0.05, 0) is 34.5 Å². The van der Waals surface area contributed by atoms with Gasteiger partial charge in [-0.15, -0.1) is 0 Å². The van der Waals surface area contributed by atoms with Gasteiger partial charge in [-0.3, -0.25) is 0 Å². The van der Waals surface area contributed by atoms with E-state index in [0.29, 0.717) is 16.8 Å². The average molecular weight is 364 g/mol. The van der Waals surface area contributed by atoms with Gasteiger partial charge in [-0.1, -0.05) is 6.92 Å². The van der Waals surface area contributed by atoms with Crippen LogP contribution in [0.15, 0.2) is 29.1 Å². The second-order valence-corrected chi connectivity index (χ2v) is 5.14. The first kappa shape index (κ1) is 16.0. The molecule has 0 N–H and O–H groups in total. The van der Waals surface area contributed by atoms with Gasteiger partial charge < -0.3 is 9.30 Å². The predicted octanol–water partition coefficient (Wildman–Crippen LogP) is 4.11. The molecule has 114 valence electrons. The van der Waals surface area contributed by atoms with Crippen molar-refractivity contribution in [1.82, 2.24) is 14.5 Å². The van der Waals surface area contributed by atoms with Gasteiger partial charge in [0.15, 0.2) is 5.69 Å². The molecule has 0 saturated heterocycles. The fraction of sp³-hybridized carbons (Fsp3) is 0.385. The van der Waals surface area contributed by atoms with E-state index in [-0.39, 0.29) is 12.6 Å². The predicted molar refractivity (Wildman–Crippen MR) is 74.4 cm³/mol. The number of halogens is 4. The Balaban J connectivity index is 2.36. The van der Waals surface area contributed by atoms with Crippen molar-refractivity contribution in [2.24, 2.45) is 0 Å². The first-order valence-corrected chi connectivity index (χ1v) is 7.05. The molecule has 0 atom stereocenters. The van der Waals surface area contributed by atoms with Gasteiger partial charge >= 0.3 is 6.18 Å². The summed E-state index contributed by atoms with van der Waals surface area (Å²) in [6.07, 6.45) is -1.29. The summed E-state index contributed by atoms with van der Waals surface area (Å²) in [5, 5.41) is 0. The number of rotatable bonds is 5. The molecular formula is C13H13BrF3N3O. The van der Waals surface area contributed by atoms with Crippen molar-refractivity contribution in [3.63, 3.8) is 0 Å². The molecular weight excluding hydrogens is 351 g/mol. The van der Waals surface area contributed by atoms with E-state index in [9.17, 15) is 13.2 Å². The van der Waals surface area contributed by atoms with Gasteiger partial charge in [-0.25, -0.2) is 9.97 Å². The van der Waals surface area contributed by atoms with Crippen LogP contribution in [0.5, 0.6) is 0 Å². The molecule has 0 aliphatic carbocycles. The first-order valence-electron chi connectivity index (χ1n) is 6.26. The highest BCUT2D eigenvalue weighted by molar-refractivity contribution is 9.10. The topological polar surface area (TPSA) is 39.9 Å². The number of imidazole rings is 1. The van der Waals surface area contributed by atoms with Crippen LogP contribution in [-0.2, 0) is 17.6 Å². The number of hydrogen-bond donors (Lipinski definition) is 0. The third-order valence-corrected chi connectivity index (χ3v) is 3.10. The Labute approximate surface area is 128 Å². The lowest BCUT2D eigenvalue weighted by atomic mass is 10.3. The van der Waals surface area contributed by atoms with Gasteiger partial charge in [0.2, 0.25) is 0 Å². The van der Waals surface area contributed by atoms with Crippen LogP contribution in [0.2, 0.25) is 0 Å². The Morgan fingerprint density at radius 3 is 2.67 bits per heavy atom. The third kappa shape index (κ3) is 4.04. The summed E-state index contributed by atoms with van der Waals surface area (Å²) in [5.74, 6) is 0.179. The fourth-order valence-electron chi connectivity index (χ4n) is 1.70. The van der Waals surface area contributed by atoms with Crippen LogP contribution in [0.3, 0.4) is 0 Å². The number of nitrogens with zero attached hydrogens (tertiary/aromatic N) is 3. The summed E-state index contributed by atoms with van der Waals surface area (Å²) in [5.41, 5.74) is -0.450. The zero-order chi connectivity index (χ0) is 15.5. The summed E-state index contributed by atoms with van der Waals surface area (Å²) in [4.78, 5) is 7.67. The van der Waals surface area contributed by atoms with Crippen molar-refractivity contribution in [2.75, 3.05) is 6.61 Å². The summed E-state index contributed by atoms with van der Waals surface area (Å²) in [6.45, 7) is 2.41. The van der Waals surface area contributed by atoms with Crippen molar-refractivity contribution in [2.45, 2.75) is 26.3 Å². The number of ether oxygens (including phenoxy) is 1. The second kappa shape index (κ2) is 6.57. The molecule has 0 fully saturated rings. The maximum absolute atomic E-state index is 12.8. The Bertz CT molecular complexity index is 596. The quantitative estimate of drug-likeness (QED) is 0.592. The molecule has 0 bridgehead atoms. The van der Waals surface area contributed by atoms with Crippen molar-refractivity contribution in [3.8, 4) is 11.4 Å². The van der Waals surface area contributed by atoms with E-state index in [1.165, 1.54) is 10.8 Å². The molecule has 4 nitrogen and oxygen atoms in total. The van der Waals surface area contributed by atoms with Crippen molar-refractivity contribution >= 4 is 15.9 Å². The monoisotopic (exact) mass is 363 g/mol. The standard InChI is InChI=1S/C13H13BrF3N3O/c1-2-5-21-8-20-7-10(13(15,16)17)19-12(20)9-3-4-11(14)18-6-9/h3-4,6-7H,2,5,8H2,1H3.